The number of morpholine rings is 1. The highest BCUT2D eigenvalue weighted by atomic mass is 16.5. The second kappa shape index (κ2) is 5.82. The van der Waals surface area contributed by atoms with Gasteiger partial charge in [-0.25, -0.2) is 0 Å². The zero-order valence-electron chi connectivity index (χ0n) is 10.3. The van der Waals surface area contributed by atoms with Gasteiger partial charge in [-0.05, 0) is 31.0 Å². The SMILES string of the molecule is CC(=O)CCc1ccc(N2CCOCC2)cc1. The number of carbonyl (C=O) groups is 1. The molecule has 1 aromatic carbocycles. The van der Waals surface area contributed by atoms with Gasteiger partial charge in [0.15, 0.2) is 0 Å². The third-order valence-electron chi connectivity index (χ3n) is 3.08. The van der Waals surface area contributed by atoms with Crippen molar-refractivity contribution in [3.63, 3.8) is 0 Å². The lowest BCUT2D eigenvalue weighted by molar-refractivity contribution is -0.116. The van der Waals surface area contributed by atoms with Gasteiger partial charge in [-0.2, -0.15) is 0 Å². The molecule has 1 saturated heterocycles. The number of ketones is 1. The molecule has 3 nitrogen and oxygen atoms in total. The molecule has 92 valence electrons. The Bertz CT molecular complexity index is 366. The van der Waals surface area contributed by atoms with Crippen LogP contribution in [0.2, 0.25) is 0 Å². The second-order valence-corrected chi connectivity index (χ2v) is 4.47. The van der Waals surface area contributed by atoms with E-state index >= 15 is 0 Å². The lowest BCUT2D eigenvalue weighted by atomic mass is 10.1. The molecule has 0 N–H and O–H groups in total. The third-order valence-corrected chi connectivity index (χ3v) is 3.08. The maximum Gasteiger partial charge on any atom is 0.130 e. The Labute approximate surface area is 102 Å². The number of Topliss-reactive ketones (excluding diaryl/α,β-unsaturated/α-hetero) is 1. The molecule has 1 aliphatic rings. The Morgan fingerprint density at radius 3 is 2.47 bits per heavy atom. The van der Waals surface area contributed by atoms with Crippen LogP contribution in [0, 0.1) is 0 Å². The Morgan fingerprint density at radius 2 is 1.88 bits per heavy atom. The standard InChI is InChI=1S/C14H19NO2/c1-12(16)2-3-13-4-6-14(7-5-13)15-8-10-17-11-9-15/h4-7H,2-3,8-11H2,1H3. The van der Waals surface area contributed by atoms with Gasteiger partial charge in [0.25, 0.3) is 0 Å². The van der Waals surface area contributed by atoms with Crippen molar-refractivity contribution in [3.8, 4) is 0 Å². The lowest BCUT2D eigenvalue weighted by Crippen LogP contribution is -2.36. The Balaban J connectivity index is 1.94. The van der Waals surface area contributed by atoms with E-state index in [1.54, 1.807) is 6.92 Å². The predicted molar refractivity (Wildman–Crippen MR) is 68.5 cm³/mol. The van der Waals surface area contributed by atoms with Crippen molar-refractivity contribution < 1.29 is 9.53 Å². The fraction of sp³-hybridized carbons (Fsp3) is 0.500. The summed E-state index contributed by atoms with van der Waals surface area (Å²) in [7, 11) is 0. The van der Waals surface area contributed by atoms with Crippen LogP contribution in [-0.4, -0.2) is 32.1 Å². The Morgan fingerprint density at radius 1 is 1.24 bits per heavy atom. The van der Waals surface area contributed by atoms with Gasteiger partial charge in [0.1, 0.15) is 5.78 Å². The highest BCUT2D eigenvalue weighted by molar-refractivity contribution is 5.75. The number of carbonyl (C=O) groups excluding carboxylic acids is 1. The average Bonchev–Trinajstić information content (AvgIpc) is 2.38. The van der Waals surface area contributed by atoms with E-state index in [4.69, 9.17) is 4.74 Å². The van der Waals surface area contributed by atoms with Crippen molar-refractivity contribution in [2.75, 3.05) is 31.2 Å². The van der Waals surface area contributed by atoms with Crippen LogP contribution in [0.1, 0.15) is 18.9 Å². The van der Waals surface area contributed by atoms with Crippen LogP contribution in [0.5, 0.6) is 0 Å². The number of rotatable bonds is 4. The smallest absolute Gasteiger partial charge is 0.130 e. The summed E-state index contributed by atoms with van der Waals surface area (Å²) in [4.78, 5) is 13.2. The molecule has 0 unspecified atom stereocenters. The van der Waals surface area contributed by atoms with E-state index in [9.17, 15) is 4.79 Å². The molecule has 0 amide bonds. The summed E-state index contributed by atoms with van der Waals surface area (Å²) in [5.41, 5.74) is 2.48. The summed E-state index contributed by atoms with van der Waals surface area (Å²) in [6, 6.07) is 8.52. The van der Waals surface area contributed by atoms with Crippen LogP contribution in [0.3, 0.4) is 0 Å². The summed E-state index contributed by atoms with van der Waals surface area (Å²) in [6.45, 7) is 5.19. The van der Waals surface area contributed by atoms with E-state index in [1.807, 2.05) is 0 Å². The molecule has 17 heavy (non-hydrogen) atoms. The molecule has 1 heterocycles. The van der Waals surface area contributed by atoms with E-state index < -0.39 is 0 Å². The van der Waals surface area contributed by atoms with Gasteiger partial charge in [-0.3, -0.25) is 0 Å². The zero-order chi connectivity index (χ0) is 12.1. The van der Waals surface area contributed by atoms with Crippen LogP contribution in [0.4, 0.5) is 5.69 Å². The topological polar surface area (TPSA) is 29.5 Å². The quantitative estimate of drug-likeness (QED) is 0.797. The molecule has 0 spiro atoms. The summed E-state index contributed by atoms with van der Waals surface area (Å²) in [6.07, 6.45) is 1.48. The highest BCUT2D eigenvalue weighted by Gasteiger charge is 2.10. The molecular formula is C14H19NO2. The molecule has 1 aliphatic heterocycles. The van der Waals surface area contributed by atoms with E-state index in [2.05, 4.69) is 29.2 Å². The van der Waals surface area contributed by atoms with Gasteiger partial charge in [-0.15, -0.1) is 0 Å². The summed E-state index contributed by atoms with van der Waals surface area (Å²) in [5, 5.41) is 0. The van der Waals surface area contributed by atoms with Gasteiger partial charge >= 0.3 is 0 Å². The van der Waals surface area contributed by atoms with E-state index in [0.717, 1.165) is 32.7 Å². The molecular weight excluding hydrogens is 214 g/mol. The summed E-state index contributed by atoms with van der Waals surface area (Å²) < 4.78 is 5.33. The molecule has 1 fully saturated rings. The summed E-state index contributed by atoms with van der Waals surface area (Å²) in [5.74, 6) is 0.252. The van der Waals surface area contributed by atoms with E-state index in [-0.39, 0.29) is 5.78 Å². The van der Waals surface area contributed by atoms with Crippen molar-refractivity contribution >= 4 is 11.5 Å². The monoisotopic (exact) mass is 233 g/mol. The second-order valence-electron chi connectivity index (χ2n) is 4.47. The minimum Gasteiger partial charge on any atom is -0.378 e. The molecule has 0 radical (unpaired) electrons. The number of nitrogens with zero attached hydrogens (tertiary/aromatic N) is 1. The molecule has 2 rings (SSSR count). The number of benzene rings is 1. The first-order valence-corrected chi connectivity index (χ1v) is 6.17. The van der Waals surface area contributed by atoms with Crippen LogP contribution >= 0.6 is 0 Å². The number of anilines is 1. The molecule has 0 aliphatic carbocycles. The van der Waals surface area contributed by atoms with Gasteiger partial charge < -0.3 is 14.4 Å². The van der Waals surface area contributed by atoms with Gasteiger partial charge in [-0.1, -0.05) is 12.1 Å². The molecule has 0 aromatic heterocycles. The van der Waals surface area contributed by atoms with Gasteiger partial charge in [0.2, 0.25) is 0 Å². The van der Waals surface area contributed by atoms with E-state index in [1.165, 1.54) is 11.3 Å². The number of aryl methyl sites for hydroxylation is 1. The van der Waals surface area contributed by atoms with Crippen LogP contribution in [0.25, 0.3) is 0 Å². The number of hydrogen-bond acceptors (Lipinski definition) is 3. The van der Waals surface area contributed by atoms with Crippen molar-refractivity contribution in [3.05, 3.63) is 29.8 Å². The molecule has 0 bridgehead atoms. The van der Waals surface area contributed by atoms with Crippen molar-refractivity contribution in [2.45, 2.75) is 19.8 Å². The van der Waals surface area contributed by atoms with Crippen LogP contribution in [-0.2, 0) is 16.0 Å². The predicted octanol–water partition coefficient (Wildman–Crippen LogP) is 2.04. The minimum absolute atomic E-state index is 0.252. The first kappa shape index (κ1) is 12.1. The Hall–Kier alpha value is -1.35. The maximum absolute atomic E-state index is 10.9. The average molecular weight is 233 g/mol. The van der Waals surface area contributed by atoms with Crippen molar-refractivity contribution in [1.29, 1.82) is 0 Å². The van der Waals surface area contributed by atoms with Crippen molar-refractivity contribution in [1.82, 2.24) is 0 Å². The van der Waals surface area contributed by atoms with Gasteiger partial charge in [0.05, 0.1) is 13.2 Å². The number of hydrogen-bond donors (Lipinski definition) is 0. The minimum atomic E-state index is 0.252. The van der Waals surface area contributed by atoms with Crippen LogP contribution < -0.4 is 4.90 Å². The largest absolute Gasteiger partial charge is 0.378 e. The fourth-order valence-corrected chi connectivity index (χ4v) is 2.02. The van der Waals surface area contributed by atoms with Crippen molar-refractivity contribution in [2.24, 2.45) is 0 Å². The third kappa shape index (κ3) is 3.56. The number of ether oxygens (including phenoxy) is 1. The fourth-order valence-electron chi connectivity index (χ4n) is 2.02. The molecule has 0 saturated carbocycles. The normalized spacial score (nSPS) is 15.9. The maximum atomic E-state index is 10.9. The van der Waals surface area contributed by atoms with Gasteiger partial charge in [0, 0.05) is 25.2 Å². The lowest BCUT2D eigenvalue weighted by Gasteiger charge is -2.28. The first-order valence-electron chi connectivity index (χ1n) is 6.17. The molecule has 3 heteroatoms. The molecule has 1 aromatic rings. The van der Waals surface area contributed by atoms with E-state index in [0.29, 0.717) is 6.42 Å². The van der Waals surface area contributed by atoms with Crippen LogP contribution in [0.15, 0.2) is 24.3 Å². The zero-order valence-corrected chi connectivity index (χ0v) is 10.3. The Kier molecular flexibility index (Phi) is 4.15. The summed E-state index contributed by atoms with van der Waals surface area (Å²) >= 11 is 0. The first-order chi connectivity index (χ1) is 8.25. The molecule has 0 atom stereocenters. The highest BCUT2D eigenvalue weighted by Crippen LogP contribution is 2.17.